The van der Waals surface area contributed by atoms with Crippen molar-refractivity contribution in [2.45, 2.75) is 92.5 Å². The number of unbranched alkanes of at least 4 members (excludes halogenated alkanes) is 2. The van der Waals surface area contributed by atoms with Gasteiger partial charge in [-0.3, -0.25) is 19.1 Å². The Kier molecular flexibility index (Phi) is 10.8. The van der Waals surface area contributed by atoms with E-state index in [1.807, 2.05) is 13.0 Å². The summed E-state index contributed by atoms with van der Waals surface area (Å²) < 4.78 is 2.38. The van der Waals surface area contributed by atoms with Crippen molar-refractivity contribution in [3.8, 4) is 6.07 Å². The lowest BCUT2D eigenvalue weighted by molar-refractivity contribution is -0.122. The molecule has 1 aromatic rings. The standard InChI is InChI=1S/C29H42N4O2S2/c1-6-9-11-22(8-3)19-33-28(35)25(37-29(33)36)17-23-21(5)24(18-30)27(34)32(14-10-7-2)26(23)31-15-12-20(4)13-16-31/h17,20,22H,6-16,19H2,1-5H3/b25-17-. The van der Waals surface area contributed by atoms with Gasteiger partial charge in [0.05, 0.1) is 4.91 Å². The summed E-state index contributed by atoms with van der Waals surface area (Å²) in [5.74, 6) is 1.86. The maximum Gasteiger partial charge on any atom is 0.270 e. The normalized spacial score (nSPS) is 18.6. The van der Waals surface area contributed by atoms with Crippen LogP contribution < -0.4 is 10.5 Å². The summed E-state index contributed by atoms with van der Waals surface area (Å²) in [5.41, 5.74) is 1.39. The second-order valence-corrected chi connectivity index (χ2v) is 12.2. The molecule has 2 saturated heterocycles. The largest absolute Gasteiger partial charge is 0.357 e. The van der Waals surface area contributed by atoms with Gasteiger partial charge < -0.3 is 4.90 Å². The zero-order chi connectivity index (χ0) is 27.1. The third-order valence-corrected chi connectivity index (χ3v) is 9.18. The fourth-order valence-corrected chi connectivity index (χ4v) is 6.45. The number of piperidine rings is 1. The van der Waals surface area contributed by atoms with Crippen LogP contribution in [0.5, 0.6) is 0 Å². The summed E-state index contributed by atoms with van der Waals surface area (Å²) in [6.45, 7) is 13.5. The van der Waals surface area contributed by atoms with Gasteiger partial charge in [0, 0.05) is 31.7 Å². The summed E-state index contributed by atoms with van der Waals surface area (Å²) >= 11 is 6.99. The Morgan fingerprint density at radius 2 is 1.84 bits per heavy atom. The second-order valence-electron chi connectivity index (χ2n) is 10.5. The molecule has 3 heterocycles. The van der Waals surface area contributed by atoms with Gasteiger partial charge in [-0.1, -0.05) is 77.4 Å². The smallest absolute Gasteiger partial charge is 0.270 e. The van der Waals surface area contributed by atoms with Gasteiger partial charge in [-0.05, 0) is 56.1 Å². The number of nitrogens with zero attached hydrogens (tertiary/aromatic N) is 4. The highest BCUT2D eigenvalue weighted by Crippen LogP contribution is 2.37. The predicted molar refractivity (Wildman–Crippen MR) is 159 cm³/mol. The Labute approximate surface area is 232 Å². The monoisotopic (exact) mass is 542 g/mol. The van der Waals surface area contributed by atoms with E-state index in [4.69, 9.17) is 12.2 Å². The molecule has 0 aromatic carbocycles. The van der Waals surface area contributed by atoms with E-state index < -0.39 is 0 Å². The van der Waals surface area contributed by atoms with Crippen LogP contribution in [0, 0.1) is 30.1 Å². The van der Waals surface area contributed by atoms with Gasteiger partial charge in [-0.25, -0.2) is 0 Å². The number of rotatable bonds is 11. The number of amides is 1. The molecule has 3 rings (SSSR count). The van der Waals surface area contributed by atoms with Crippen molar-refractivity contribution in [1.29, 1.82) is 5.26 Å². The molecule has 0 bridgehead atoms. The summed E-state index contributed by atoms with van der Waals surface area (Å²) in [7, 11) is 0. The molecule has 202 valence electrons. The maximum absolute atomic E-state index is 13.6. The first-order valence-electron chi connectivity index (χ1n) is 13.9. The maximum atomic E-state index is 13.6. The molecule has 0 aliphatic carbocycles. The number of aromatic nitrogens is 1. The van der Waals surface area contributed by atoms with Crippen LogP contribution >= 0.6 is 24.0 Å². The van der Waals surface area contributed by atoms with E-state index in [0.29, 0.717) is 39.7 Å². The molecule has 1 atom stereocenters. The number of thiocarbonyl (C=S) groups is 1. The van der Waals surface area contributed by atoms with Gasteiger partial charge >= 0.3 is 0 Å². The van der Waals surface area contributed by atoms with Crippen LogP contribution in [0.3, 0.4) is 0 Å². The van der Waals surface area contributed by atoms with E-state index in [2.05, 4.69) is 38.7 Å². The molecule has 2 fully saturated rings. The van der Waals surface area contributed by atoms with Gasteiger partial charge in [0.25, 0.3) is 11.5 Å². The van der Waals surface area contributed by atoms with Crippen LogP contribution in [-0.2, 0) is 11.3 Å². The fourth-order valence-electron chi connectivity index (χ4n) is 5.19. The Morgan fingerprint density at radius 1 is 1.16 bits per heavy atom. The zero-order valence-corrected chi connectivity index (χ0v) is 24.8. The number of thioether (sulfide) groups is 1. The van der Waals surface area contributed by atoms with Gasteiger partial charge in [0.2, 0.25) is 0 Å². The summed E-state index contributed by atoms with van der Waals surface area (Å²) in [4.78, 5) is 31.6. The van der Waals surface area contributed by atoms with Crippen LogP contribution in [0.25, 0.3) is 6.08 Å². The first kappa shape index (κ1) is 29.4. The zero-order valence-electron chi connectivity index (χ0n) is 23.1. The number of carbonyl (C=O) groups is 1. The van der Waals surface area contributed by atoms with Crippen molar-refractivity contribution in [2.75, 3.05) is 24.5 Å². The van der Waals surface area contributed by atoms with Crippen LogP contribution in [0.15, 0.2) is 9.70 Å². The van der Waals surface area contributed by atoms with Crippen molar-refractivity contribution >= 4 is 46.1 Å². The number of carbonyl (C=O) groups excluding carboxylic acids is 1. The van der Waals surface area contributed by atoms with E-state index >= 15 is 0 Å². The van der Waals surface area contributed by atoms with E-state index in [1.54, 1.807) is 9.47 Å². The highest BCUT2D eigenvalue weighted by atomic mass is 32.2. The molecule has 0 saturated carbocycles. The third-order valence-electron chi connectivity index (χ3n) is 7.80. The number of anilines is 1. The molecule has 2 aliphatic rings. The van der Waals surface area contributed by atoms with E-state index in [-0.39, 0.29) is 17.0 Å². The minimum Gasteiger partial charge on any atom is -0.357 e. The topological polar surface area (TPSA) is 69.3 Å². The Balaban J connectivity index is 2.09. The molecule has 1 aromatic heterocycles. The number of hydrogen-bond donors (Lipinski definition) is 0. The van der Waals surface area contributed by atoms with Crippen LogP contribution in [-0.4, -0.2) is 39.3 Å². The third kappa shape index (κ3) is 6.67. The first-order valence-corrected chi connectivity index (χ1v) is 15.2. The first-order chi connectivity index (χ1) is 17.8. The fraction of sp³-hybridized carbons (Fsp3) is 0.655. The molecule has 6 nitrogen and oxygen atoms in total. The van der Waals surface area contributed by atoms with Crippen LogP contribution in [0.4, 0.5) is 5.82 Å². The quantitative estimate of drug-likeness (QED) is 0.235. The molecule has 0 N–H and O–H groups in total. The van der Waals surface area contributed by atoms with E-state index in [1.165, 1.54) is 11.8 Å². The summed E-state index contributed by atoms with van der Waals surface area (Å²) in [6, 6.07) is 2.16. The minimum absolute atomic E-state index is 0.0626. The molecule has 1 unspecified atom stereocenters. The Morgan fingerprint density at radius 3 is 2.43 bits per heavy atom. The molecule has 0 radical (unpaired) electrons. The molecule has 0 spiro atoms. The SMILES string of the molecule is CCCCC(CC)CN1C(=O)/C(=C/c2c(C)c(C#N)c(=O)n(CCCC)c2N2CCC(C)CC2)SC1=S. The summed E-state index contributed by atoms with van der Waals surface area (Å²) in [6.07, 6.45) is 10.2. The number of nitriles is 1. The molecular weight excluding hydrogens is 500 g/mol. The van der Waals surface area contributed by atoms with Gasteiger partial charge in [0.15, 0.2) is 0 Å². The average Bonchev–Trinajstić information content (AvgIpc) is 3.15. The summed E-state index contributed by atoms with van der Waals surface area (Å²) in [5, 5.41) is 9.90. The van der Waals surface area contributed by atoms with Crippen molar-refractivity contribution in [2.24, 2.45) is 11.8 Å². The minimum atomic E-state index is -0.228. The number of pyridine rings is 1. The molecular formula is C29H42N4O2S2. The van der Waals surface area contributed by atoms with Crippen molar-refractivity contribution in [1.82, 2.24) is 9.47 Å². The predicted octanol–water partition coefficient (Wildman–Crippen LogP) is 6.48. The molecule has 8 heteroatoms. The lowest BCUT2D eigenvalue weighted by Gasteiger charge is -2.35. The second kappa shape index (κ2) is 13.6. The van der Waals surface area contributed by atoms with E-state index in [9.17, 15) is 14.9 Å². The molecule has 37 heavy (non-hydrogen) atoms. The highest BCUT2D eigenvalue weighted by molar-refractivity contribution is 8.26. The molecule has 2 aliphatic heterocycles. The lowest BCUT2D eigenvalue weighted by atomic mass is 9.97. The van der Waals surface area contributed by atoms with Crippen molar-refractivity contribution in [3.05, 3.63) is 31.9 Å². The van der Waals surface area contributed by atoms with Crippen LogP contribution in [0.1, 0.15) is 95.8 Å². The van der Waals surface area contributed by atoms with Gasteiger partial charge in [-0.15, -0.1) is 0 Å². The Hall–Kier alpha value is -2.11. The highest BCUT2D eigenvalue weighted by Gasteiger charge is 2.34. The van der Waals surface area contributed by atoms with Gasteiger partial charge in [-0.2, -0.15) is 5.26 Å². The average molecular weight is 543 g/mol. The number of hydrogen-bond acceptors (Lipinski definition) is 6. The van der Waals surface area contributed by atoms with Crippen LogP contribution in [0.2, 0.25) is 0 Å². The van der Waals surface area contributed by atoms with Crippen molar-refractivity contribution < 1.29 is 4.79 Å². The molecule has 1 amide bonds. The van der Waals surface area contributed by atoms with Gasteiger partial charge in [0.1, 0.15) is 21.8 Å². The van der Waals surface area contributed by atoms with E-state index in [0.717, 1.165) is 75.8 Å². The Bertz CT molecular complexity index is 1130. The van der Waals surface area contributed by atoms with Crippen molar-refractivity contribution in [3.63, 3.8) is 0 Å². The lowest BCUT2D eigenvalue weighted by Crippen LogP contribution is -2.39.